The van der Waals surface area contributed by atoms with Crippen LogP contribution in [0.3, 0.4) is 0 Å². The van der Waals surface area contributed by atoms with Crippen molar-refractivity contribution >= 4 is 38.8 Å². The summed E-state index contributed by atoms with van der Waals surface area (Å²) >= 11 is 8.02. The lowest BCUT2D eigenvalue weighted by Crippen LogP contribution is -2.41. The second-order valence-electron chi connectivity index (χ2n) is 11.4. The number of hydrogen-bond donors (Lipinski definition) is 1. The number of pyridine rings is 1. The average Bonchev–Trinajstić information content (AvgIpc) is 3.48. The van der Waals surface area contributed by atoms with Crippen molar-refractivity contribution in [2.45, 2.75) is 64.0 Å². The average molecular weight is 604 g/mol. The van der Waals surface area contributed by atoms with Gasteiger partial charge in [0.2, 0.25) is 0 Å². The van der Waals surface area contributed by atoms with Crippen molar-refractivity contribution in [2.24, 2.45) is 0 Å². The summed E-state index contributed by atoms with van der Waals surface area (Å²) in [4.78, 5) is 32.9. The number of thiophene rings is 1. The lowest BCUT2D eigenvalue weighted by molar-refractivity contribution is -0.141. The van der Waals surface area contributed by atoms with E-state index in [1.807, 2.05) is 18.2 Å². The van der Waals surface area contributed by atoms with Crippen LogP contribution in [0, 0.1) is 0 Å². The first-order chi connectivity index (χ1) is 19.4. The Balaban J connectivity index is 1.43. The topological polar surface area (TPSA) is 72.2 Å². The second-order valence-corrected chi connectivity index (χ2v) is 13.0. The van der Waals surface area contributed by atoms with Crippen LogP contribution in [0.25, 0.3) is 21.3 Å². The van der Waals surface area contributed by atoms with Crippen LogP contribution in [0.1, 0.15) is 37.1 Å². The third-order valence-electron chi connectivity index (χ3n) is 7.85. The van der Waals surface area contributed by atoms with Gasteiger partial charge in [0, 0.05) is 69.8 Å². The summed E-state index contributed by atoms with van der Waals surface area (Å²) in [5.41, 5.74) is 3.38. The molecule has 0 saturated carbocycles. The van der Waals surface area contributed by atoms with Crippen LogP contribution < -0.4 is 21.5 Å². The van der Waals surface area contributed by atoms with Crippen molar-refractivity contribution < 1.29 is 13.2 Å². The summed E-state index contributed by atoms with van der Waals surface area (Å²) in [6.45, 7) is 4.65. The molecular formula is C29H29ClF3N5O2S. The molecule has 2 aliphatic heterocycles. The maximum Gasteiger partial charge on any atom is 0.406 e. The Kier molecular flexibility index (Phi) is 7.02. The van der Waals surface area contributed by atoms with Gasteiger partial charge in [-0.3, -0.25) is 18.9 Å². The van der Waals surface area contributed by atoms with E-state index < -0.39 is 24.0 Å². The van der Waals surface area contributed by atoms with Crippen molar-refractivity contribution in [3.8, 4) is 11.1 Å². The summed E-state index contributed by atoms with van der Waals surface area (Å²) < 4.78 is 41.1. The molecule has 216 valence electrons. The first kappa shape index (κ1) is 28.0. The van der Waals surface area contributed by atoms with E-state index >= 15 is 0 Å². The van der Waals surface area contributed by atoms with Crippen LogP contribution in [0.15, 0.2) is 52.3 Å². The standard InChI is InChI=1S/C29H29ClF3N5O2S/c1-28(2)13-19(14-35-28)37-8-3-4-17-10-18(30)11-22(25(17)37)21-5-7-34-23-12-20(41-26(21)23)15-38-24(39)6-9-36(27(38)40)16-29(31,32)33/h5-7,9-12,19,35H,3-4,8,13-16H2,1-2H3. The third kappa shape index (κ3) is 5.54. The highest BCUT2D eigenvalue weighted by Crippen LogP contribution is 2.45. The van der Waals surface area contributed by atoms with E-state index in [2.05, 4.69) is 29.0 Å². The number of hydrogen-bond acceptors (Lipinski definition) is 6. The highest BCUT2D eigenvalue weighted by Gasteiger charge is 2.37. The highest BCUT2D eigenvalue weighted by molar-refractivity contribution is 7.19. The Bertz CT molecular complexity index is 1760. The molecule has 0 amide bonds. The first-order valence-corrected chi connectivity index (χ1v) is 14.7. The van der Waals surface area contributed by atoms with E-state index in [1.165, 1.54) is 22.6 Å². The molecule has 6 rings (SSSR count). The molecule has 1 saturated heterocycles. The van der Waals surface area contributed by atoms with E-state index in [0.717, 1.165) is 65.0 Å². The second kappa shape index (κ2) is 10.3. The van der Waals surface area contributed by atoms with Crippen LogP contribution in [-0.2, 0) is 19.5 Å². The van der Waals surface area contributed by atoms with Crippen molar-refractivity contribution in [2.75, 3.05) is 18.0 Å². The number of rotatable bonds is 5. The summed E-state index contributed by atoms with van der Waals surface area (Å²) in [6.07, 6.45) is 0.996. The molecule has 1 aromatic carbocycles. The fourth-order valence-corrected chi connectivity index (χ4v) is 7.48. The van der Waals surface area contributed by atoms with Crippen molar-refractivity contribution in [1.82, 2.24) is 19.4 Å². The molecule has 2 aliphatic rings. The molecule has 4 aromatic rings. The molecule has 5 heterocycles. The Morgan fingerprint density at radius 1 is 1.17 bits per heavy atom. The Morgan fingerprint density at radius 2 is 1.98 bits per heavy atom. The quantitative estimate of drug-likeness (QED) is 0.329. The van der Waals surface area contributed by atoms with Gasteiger partial charge in [-0.2, -0.15) is 13.2 Å². The van der Waals surface area contributed by atoms with Crippen molar-refractivity contribution in [1.29, 1.82) is 0 Å². The minimum atomic E-state index is -4.59. The fraction of sp³-hybridized carbons (Fsp3) is 0.414. The molecule has 1 unspecified atom stereocenters. The van der Waals surface area contributed by atoms with Crippen molar-refractivity contribution in [3.63, 3.8) is 0 Å². The minimum absolute atomic E-state index is 0.0512. The van der Waals surface area contributed by atoms with E-state index in [9.17, 15) is 22.8 Å². The molecular weight excluding hydrogens is 575 g/mol. The zero-order valence-electron chi connectivity index (χ0n) is 22.6. The molecule has 0 bridgehead atoms. The monoisotopic (exact) mass is 603 g/mol. The van der Waals surface area contributed by atoms with Crippen LogP contribution in [0.5, 0.6) is 0 Å². The Morgan fingerprint density at radius 3 is 2.71 bits per heavy atom. The van der Waals surface area contributed by atoms with Gasteiger partial charge in [-0.25, -0.2) is 4.79 Å². The molecule has 0 aliphatic carbocycles. The zero-order chi connectivity index (χ0) is 29.1. The van der Waals surface area contributed by atoms with Gasteiger partial charge in [0.25, 0.3) is 5.56 Å². The Hall–Kier alpha value is -3.15. The zero-order valence-corrected chi connectivity index (χ0v) is 24.2. The molecule has 41 heavy (non-hydrogen) atoms. The SMILES string of the molecule is CC1(C)CC(N2CCCc3cc(Cl)cc(-c4ccnc5cc(Cn6c(=O)ccn(CC(F)(F)F)c6=O)sc45)c32)CN1. The maximum atomic E-state index is 13.0. The number of aromatic nitrogens is 3. The van der Waals surface area contributed by atoms with E-state index in [-0.39, 0.29) is 12.1 Å². The number of nitrogens with zero attached hydrogens (tertiary/aromatic N) is 4. The normalized spacial score (nSPS) is 18.7. The fourth-order valence-electron chi connectivity index (χ4n) is 6.10. The number of aryl methyl sites for hydroxylation is 1. The molecule has 1 fully saturated rings. The third-order valence-corrected chi connectivity index (χ3v) is 9.21. The van der Waals surface area contributed by atoms with E-state index in [4.69, 9.17) is 11.6 Å². The minimum Gasteiger partial charge on any atom is -0.366 e. The van der Waals surface area contributed by atoms with E-state index in [1.54, 1.807) is 12.3 Å². The van der Waals surface area contributed by atoms with Crippen molar-refractivity contribution in [3.05, 3.63) is 79.0 Å². The lowest BCUT2D eigenvalue weighted by Gasteiger charge is -2.38. The number of fused-ring (bicyclic) bond motifs is 2. The summed E-state index contributed by atoms with van der Waals surface area (Å²) in [6, 6.07) is 9.09. The summed E-state index contributed by atoms with van der Waals surface area (Å²) in [5, 5.41) is 4.28. The van der Waals surface area contributed by atoms with Gasteiger partial charge in [-0.1, -0.05) is 11.6 Å². The van der Waals surface area contributed by atoms with Gasteiger partial charge in [-0.05, 0) is 62.9 Å². The van der Waals surface area contributed by atoms with Gasteiger partial charge in [0.15, 0.2) is 0 Å². The molecule has 3 aromatic heterocycles. The molecule has 12 heteroatoms. The van der Waals surface area contributed by atoms with Gasteiger partial charge in [0.1, 0.15) is 6.54 Å². The van der Waals surface area contributed by atoms with Crippen LogP contribution in [0.4, 0.5) is 18.9 Å². The summed E-state index contributed by atoms with van der Waals surface area (Å²) in [5.74, 6) is 0. The van der Waals surface area contributed by atoms with Crippen LogP contribution >= 0.6 is 22.9 Å². The number of halogens is 4. The molecule has 7 nitrogen and oxygen atoms in total. The molecule has 0 radical (unpaired) electrons. The summed E-state index contributed by atoms with van der Waals surface area (Å²) in [7, 11) is 0. The lowest BCUT2D eigenvalue weighted by atomic mass is 9.91. The molecule has 1 atom stereocenters. The molecule has 1 N–H and O–H groups in total. The predicted octanol–water partition coefficient (Wildman–Crippen LogP) is 5.44. The molecule has 0 spiro atoms. The van der Waals surface area contributed by atoms with E-state index in [0.29, 0.717) is 26.0 Å². The first-order valence-electron chi connectivity index (χ1n) is 13.5. The van der Waals surface area contributed by atoms with Gasteiger partial charge < -0.3 is 10.2 Å². The number of anilines is 1. The van der Waals surface area contributed by atoms with Gasteiger partial charge in [-0.15, -0.1) is 11.3 Å². The largest absolute Gasteiger partial charge is 0.406 e. The number of nitrogens with one attached hydrogen (secondary N) is 1. The van der Waals surface area contributed by atoms with Gasteiger partial charge in [0.05, 0.1) is 16.8 Å². The smallest absolute Gasteiger partial charge is 0.366 e. The Labute approximate surface area is 243 Å². The van der Waals surface area contributed by atoms with Gasteiger partial charge >= 0.3 is 11.9 Å². The predicted molar refractivity (Wildman–Crippen MR) is 156 cm³/mol. The number of benzene rings is 1. The van der Waals surface area contributed by atoms with Crippen LogP contribution in [-0.4, -0.2) is 45.0 Å². The highest BCUT2D eigenvalue weighted by atomic mass is 35.5. The van der Waals surface area contributed by atoms with Crippen LogP contribution in [0.2, 0.25) is 5.02 Å². The maximum absolute atomic E-state index is 13.0. The number of alkyl halides is 3.